The van der Waals surface area contributed by atoms with Crippen LogP contribution in [0.2, 0.25) is 0 Å². The van der Waals surface area contributed by atoms with Gasteiger partial charge in [-0.3, -0.25) is 9.59 Å². The molecule has 2 heterocycles. The average Bonchev–Trinajstić information content (AvgIpc) is 2.82. The molecule has 0 spiro atoms. The van der Waals surface area contributed by atoms with E-state index in [2.05, 4.69) is 10.6 Å². The minimum Gasteiger partial charge on any atom is -0.321 e. The van der Waals surface area contributed by atoms with E-state index < -0.39 is 0 Å². The third-order valence-corrected chi connectivity index (χ3v) is 4.62. The van der Waals surface area contributed by atoms with E-state index in [9.17, 15) is 9.59 Å². The summed E-state index contributed by atoms with van der Waals surface area (Å²) >= 11 is 1.34. The first-order valence-electron chi connectivity index (χ1n) is 6.47. The number of hydrogen-bond donors (Lipinski definition) is 2. The maximum absolute atomic E-state index is 12.3. The quantitative estimate of drug-likeness (QED) is 0.734. The van der Waals surface area contributed by atoms with Crippen LogP contribution in [0.3, 0.4) is 0 Å². The lowest BCUT2D eigenvalue weighted by Gasteiger charge is -2.19. The minimum absolute atomic E-state index is 0.228. The maximum atomic E-state index is 12.3. The molecular weight excluding hydrogens is 284 g/mol. The van der Waals surface area contributed by atoms with Gasteiger partial charge in [-0.05, 0) is 18.2 Å². The highest BCUT2D eigenvalue weighted by Crippen LogP contribution is 2.44. The first-order valence-corrected chi connectivity index (χ1v) is 7.29. The summed E-state index contributed by atoms with van der Waals surface area (Å²) in [5.74, 6) is -0.464. The Morgan fingerprint density at radius 2 is 1.43 bits per heavy atom. The van der Waals surface area contributed by atoms with Gasteiger partial charge in [-0.2, -0.15) is 0 Å². The molecule has 5 heteroatoms. The SMILES string of the molecule is O=C1Nc2ccccc2S/C1=C1/C(=O)Nc2ccccc21. The molecule has 2 N–H and O–H groups in total. The largest absolute Gasteiger partial charge is 0.321 e. The van der Waals surface area contributed by atoms with Gasteiger partial charge < -0.3 is 10.6 Å². The second-order valence-corrected chi connectivity index (χ2v) is 5.81. The lowest BCUT2D eigenvalue weighted by atomic mass is 10.1. The molecule has 0 aliphatic carbocycles. The van der Waals surface area contributed by atoms with Crippen molar-refractivity contribution >= 4 is 40.5 Å². The van der Waals surface area contributed by atoms with Crippen LogP contribution in [-0.4, -0.2) is 11.8 Å². The molecule has 0 saturated carbocycles. The van der Waals surface area contributed by atoms with Crippen molar-refractivity contribution in [3.8, 4) is 0 Å². The first-order chi connectivity index (χ1) is 10.2. The molecule has 4 rings (SSSR count). The van der Waals surface area contributed by atoms with Gasteiger partial charge in [-0.15, -0.1) is 0 Å². The Bertz CT molecular complexity index is 827. The lowest BCUT2D eigenvalue weighted by molar-refractivity contribution is -0.113. The Hall–Kier alpha value is -2.53. The van der Waals surface area contributed by atoms with Crippen LogP contribution < -0.4 is 10.6 Å². The molecule has 21 heavy (non-hydrogen) atoms. The lowest BCUT2D eigenvalue weighted by Crippen LogP contribution is -2.20. The predicted octanol–water partition coefficient (Wildman–Crippen LogP) is 3.09. The maximum Gasteiger partial charge on any atom is 0.263 e. The van der Waals surface area contributed by atoms with Gasteiger partial charge in [0.1, 0.15) is 0 Å². The summed E-state index contributed by atoms with van der Waals surface area (Å²) in [6.45, 7) is 0. The van der Waals surface area contributed by atoms with E-state index >= 15 is 0 Å². The summed E-state index contributed by atoms with van der Waals surface area (Å²) in [5, 5.41) is 5.64. The summed E-state index contributed by atoms with van der Waals surface area (Å²) in [5.41, 5.74) is 2.75. The van der Waals surface area contributed by atoms with Crippen LogP contribution in [0.1, 0.15) is 5.56 Å². The standard InChI is InChI=1S/C16H10N2O2S/c19-15-13(9-5-1-2-6-10(9)17-15)14-16(20)18-11-7-3-4-8-12(11)21-14/h1-8H,(H,17,19)(H,18,20)/b14-13+. The highest BCUT2D eigenvalue weighted by atomic mass is 32.2. The molecule has 2 aliphatic rings. The summed E-state index contributed by atoms with van der Waals surface area (Å²) in [4.78, 5) is 25.9. The fourth-order valence-corrected chi connectivity index (χ4v) is 3.55. The third-order valence-electron chi connectivity index (χ3n) is 3.45. The summed E-state index contributed by atoms with van der Waals surface area (Å²) in [6, 6.07) is 15.0. The number of rotatable bonds is 0. The molecule has 0 saturated heterocycles. The van der Waals surface area contributed by atoms with Crippen LogP contribution in [0.25, 0.3) is 5.57 Å². The number of thioether (sulfide) groups is 1. The van der Waals surface area contributed by atoms with Crippen LogP contribution >= 0.6 is 11.8 Å². The molecule has 0 radical (unpaired) electrons. The highest BCUT2D eigenvalue weighted by molar-refractivity contribution is 8.04. The topological polar surface area (TPSA) is 58.2 Å². The van der Waals surface area contributed by atoms with Crippen molar-refractivity contribution in [2.24, 2.45) is 0 Å². The molecule has 0 atom stereocenters. The van der Waals surface area contributed by atoms with Crippen molar-refractivity contribution in [1.82, 2.24) is 0 Å². The molecule has 0 unspecified atom stereocenters. The number of benzene rings is 2. The Morgan fingerprint density at radius 1 is 0.762 bits per heavy atom. The molecule has 2 aliphatic heterocycles. The Kier molecular flexibility index (Phi) is 2.62. The zero-order chi connectivity index (χ0) is 14.4. The molecule has 4 nitrogen and oxygen atoms in total. The van der Waals surface area contributed by atoms with Crippen LogP contribution in [0, 0.1) is 0 Å². The van der Waals surface area contributed by atoms with E-state index in [4.69, 9.17) is 0 Å². The van der Waals surface area contributed by atoms with E-state index in [1.807, 2.05) is 48.5 Å². The number of anilines is 2. The third kappa shape index (κ3) is 1.86. The van der Waals surface area contributed by atoms with Crippen LogP contribution in [0.4, 0.5) is 11.4 Å². The van der Waals surface area contributed by atoms with E-state index in [0.717, 1.165) is 21.8 Å². The predicted molar refractivity (Wildman–Crippen MR) is 82.9 cm³/mol. The van der Waals surface area contributed by atoms with E-state index in [0.29, 0.717) is 10.5 Å². The Morgan fingerprint density at radius 3 is 2.29 bits per heavy atom. The minimum atomic E-state index is -0.236. The normalized spacial score (nSPS) is 19.6. The van der Waals surface area contributed by atoms with Gasteiger partial charge >= 0.3 is 0 Å². The molecular formula is C16H10N2O2S. The summed E-state index contributed by atoms with van der Waals surface area (Å²) in [6.07, 6.45) is 0. The summed E-state index contributed by atoms with van der Waals surface area (Å²) < 4.78 is 0. The monoisotopic (exact) mass is 294 g/mol. The van der Waals surface area contributed by atoms with Gasteiger partial charge in [-0.25, -0.2) is 0 Å². The van der Waals surface area contributed by atoms with Crippen molar-refractivity contribution in [1.29, 1.82) is 0 Å². The summed E-state index contributed by atoms with van der Waals surface area (Å²) in [7, 11) is 0. The van der Waals surface area contributed by atoms with E-state index in [-0.39, 0.29) is 11.8 Å². The fourth-order valence-electron chi connectivity index (χ4n) is 2.50. The zero-order valence-corrected chi connectivity index (χ0v) is 11.7. The van der Waals surface area contributed by atoms with Gasteiger partial charge in [0, 0.05) is 16.1 Å². The number of hydrogen-bond acceptors (Lipinski definition) is 3. The number of carbonyl (C=O) groups is 2. The molecule has 102 valence electrons. The van der Waals surface area contributed by atoms with Crippen LogP contribution in [-0.2, 0) is 9.59 Å². The number of carbonyl (C=O) groups excluding carboxylic acids is 2. The van der Waals surface area contributed by atoms with E-state index in [1.165, 1.54) is 11.8 Å². The second-order valence-electron chi connectivity index (χ2n) is 4.76. The van der Waals surface area contributed by atoms with Crippen molar-refractivity contribution in [3.05, 3.63) is 59.0 Å². The zero-order valence-electron chi connectivity index (χ0n) is 10.8. The van der Waals surface area contributed by atoms with Gasteiger partial charge in [0.15, 0.2) is 0 Å². The fraction of sp³-hybridized carbons (Fsp3) is 0. The van der Waals surface area contributed by atoms with Gasteiger partial charge in [0.25, 0.3) is 11.8 Å². The number of amides is 2. The first kappa shape index (κ1) is 12.2. The van der Waals surface area contributed by atoms with Crippen LogP contribution in [0.15, 0.2) is 58.3 Å². The molecule has 2 amide bonds. The van der Waals surface area contributed by atoms with Crippen molar-refractivity contribution in [2.45, 2.75) is 4.90 Å². The van der Waals surface area contributed by atoms with Gasteiger partial charge in [-0.1, -0.05) is 42.1 Å². The highest BCUT2D eigenvalue weighted by Gasteiger charge is 2.32. The van der Waals surface area contributed by atoms with Gasteiger partial charge in [0.2, 0.25) is 0 Å². The van der Waals surface area contributed by atoms with Crippen molar-refractivity contribution in [2.75, 3.05) is 10.6 Å². The number of nitrogens with one attached hydrogen (secondary N) is 2. The van der Waals surface area contributed by atoms with E-state index in [1.54, 1.807) is 0 Å². The molecule has 2 aromatic rings. The number of fused-ring (bicyclic) bond motifs is 2. The van der Waals surface area contributed by atoms with Crippen molar-refractivity contribution < 1.29 is 9.59 Å². The van der Waals surface area contributed by atoms with Crippen LogP contribution in [0.5, 0.6) is 0 Å². The second kappa shape index (κ2) is 4.49. The molecule has 0 bridgehead atoms. The Labute approximate surface area is 125 Å². The Balaban J connectivity index is 1.90. The van der Waals surface area contributed by atoms with Gasteiger partial charge in [0.05, 0.1) is 16.2 Å². The average molecular weight is 294 g/mol. The number of para-hydroxylation sites is 2. The smallest absolute Gasteiger partial charge is 0.263 e. The van der Waals surface area contributed by atoms with Crippen molar-refractivity contribution in [3.63, 3.8) is 0 Å². The molecule has 2 aromatic carbocycles. The molecule has 0 aromatic heterocycles. The molecule has 0 fully saturated rings.